The Morgan fingerprint density at radius 1 is 0.436 bits per heavy atom. The Labute approximate surface area is 481 Å². The number of esters is 3. The van der Waals surface area contributed by atoms with Crippen molar-refractivity contribution in [1.29, 1.82) is 0 Å². The number of ether oxygens (including phenoxy) is 3. The van der Waals surface area contributed by atoms with Crippen LogP contribution in [0.4, 0.5) is 0 Å². The number of carbonyl (C=O) groups is 5. The van der Waals surface area contributed by atoms with Gasteiger partial charge in [-0.05, 0) is 278 Å². The van der Waals surface area contributed by atoms with Crippen LogP contribution in [0.2, 0.25) is 0 Å². The van der Waals surface area contributed by atoms with E-state index in [0.717, 1.165) is 198 Å². The Morgan fingerprint density at radius 2 is 0.744 bits per heavy atom. The lowest BCUT2D eigenvalue weighted by atomic mass is 9.74. The van der Waals surface area contributed by atoms with Crippen LogP contribution < -0.4 is 0 Å². The number of halogens is 2. The molecule has 0 heterocycles. The van der Waals surface area contributed by atoms with E-state index in [1.807, 2.05) is 0 Å². The summed E-state index contributed by atoms with van der Waals surface area (Å²) in [6.07, 6.45) is 37.3. The van der Waals surface area contributed by atoms with Crippen LogP contribution in [-0.4, -0.2) is 78.8 Å². The predicted molar refractivity (Wildman–Crippen MR) is 310 cm³/mol. The number of allylic oxidation sites excluding steroid dienone is 1. The Hall–Kier alpha value is -2.31. The molecule has 3 N–H and O–H groups in total. The maximum atomic E-state index is 12.5. The topological polar surface area (TPSA) is 174 Å². The van der Waals surface area contributed by atoms with Crippen molar-refractivity contribution in [2.75, 3.05) is 0 Å². The lowest BCUT2D eigenvalue weighted by molar-refractivity contribution is -0.166. The van der Waals surface area contributed by atoms with Gasteiger partial charge in [0.15, 0.2) is 0 Å². The quantitative estimate of drug-likeness (QED) is 0.0777. The fraction of sp³-hybridized carbons (Fsp3) is 0.862. The molecule has 0 amide bonds. The summed E-state index contributed by atoms with van der Waals surface area (Å²) >= 11 is 10.2. The molecule has 9 aliphatic carbocycles. The lowest BCUT2D eigenvalue weighted by Gasteiger charge is -2.41. The normalized spacial score (nSPS) is 33.9. The number of carbonyl (C=O) groups excluding carboxylic acids is 5. The second kappa shape index (κ2) is 32.5. The molecule has 9 saturated carbocycles. The molecule has 0 saturated heterocycles. The number of aliphatic hydroxyl groups is 3. The van der Waals surface area contributed by atoms with Gasteiger partial charge in [-0.25, -0.2) is 4.79 Å². The third-order valence-electron chi connectivity index (χ3n) is 20.3. The Bertz CT molecular complexity index is 1860. The molecule has 9 aliphatic rings. The van der Waals surface area contributed by atoms with Crippen LogP contribution in [0.3, 0.4) is 0 Å². The van der Waals surface area contributed by atoms with E-state index >= 15 is 0 Å². The summed E-state index contributed by atoms with van der Waals surface area (Å²) in [5.74, 6) is 3.84. The summed E-state index contributed by atoms with van der Waals surface area (Å²) in [4.78, 5) is 57.4. The van der Waals surface area contributed by atoms with Gasteiger partial charge in [-0.3, -0.25) is 19.2 Å². The summed E-state index contributed by atoms with van der Waals surface area (Å²) in [7, 11) is 0. The predicted octanol–water partition coefficient (Wildman–Crippen LogP) is 15.3. The Kier molecular flexibility index (Phi) is 27.7. The molecule has 9 fully saturated rings. The maximum absolute atomic E-state index is 12.5. The Balaban J connectivity index is 0.000000195. The monoisotopic (exact) mass is 1130 g/mol. The van der Waals surface area contributed by atoms with Crippen molar-refractivity contribution in [3.8, 4) is 0 Å². The Morgan fingerprint density at radius 3 is 1.06 bits per heavy atom. The second-order valence-electron chi connectivity index (χ2n) is 26.6. The molecule has 9 rings (SSSR count). The average molecular weight is 1130 g/mol. The standard InChI is InChI=1S/C23H36O4.C19H32O3.C11H20O2.C8H13ClO.C4H5ClO/c1-16(2)21(24)27-23(14-4-5-15-23)19-10-12-20(13-11-19)26-22(25)18-8-6-17(3)7-9-18;1-14-4-6-15(7-5-14)18(20)22-17-10-8-16(9-11-17)19(21)12-2-3-13-19;12-10-5-3-9(4-6-10)11(13)7-1-2-8-11;1-6-2-4-7(5-3-6)8(9)10;1-3(2)4(5)6/h17-20H,1,4-15H2,2-3H3;14-17,21H,2-13H2,1H3;9-10,12-13H,1-8H2;6-7H,2-5H2,1H3;1H2,2H3. The molecule has 0 aromatic carbocycles. The van der Waals surface area contributed by atoms with Gasteiger partial charge in [0.25, 0.3) is 0 Å². The van der Waals surface area contributed by atoms with Crippen LogP contribution in [0, 0.1) is 53.3 Å². The lowest BCUT2D eigenvalue weighted by Crippen LogP contribution is -2.43. The van der Waals surface area contributed by atoms with Gasteiger partial charge in [0.05, 0.1) is 29.1 Å². The molecule has 0 aromatic heterocycles. The third kappa shape index (κ3) is 21.1. The van der Waals surface area contributed by atoms with Crippen molar-refractivity contribution in [1.82, 2.24) is 0 Å². The maximum Gasteiger partial charge on any atom is 0.333 e. The highest BCUT2D eigenvalue weighted by Gasteiger charge is 2.47. The van der Waals surface area contributed by atoms with Crippen molar-refractivity contribution in [3.63, 3.8) is 0 Å². The summed E-state index contributed by atoms with van der Waals surface area (Å²) in [5.41, 5.74) is -0.221. The summed E-state index contributed by atoms with van der Waals surface area (Å²) in [6.45, 7) is 17.1. The highest BCUT2D eigenvalue weighted by atomic mass is 35.5. The van der Waals surface area contributed by atoms with Crippen molar-refractivity contribution in [2.45, 2.75) is 301 Å². The number of hydrogen-bond acceptors (Lipinski definition) is 11. The van der Waals surface area contributed by atoms with Crippen LogP contribution in [0.25, 0.3) is 0 Å². The molecule has 11 nitrogen and oxygen atoms in total. The fourth-order valence-corrected chi connectivity index (χ4v) is 14.9. The largest absolute Gasteiger partial charge is 0.462 e. The summed E-state index contributed by atoms with van der Waals surface area (Å²) < 4.78 is 17.6. The minimum absolute atomic E-state index is 0.0228. The molecule has 0 atom stereocenters. The van der Waals surface area contributed by atoms with E-state index in [9.17, 15) is 39.3 Å². The minimum Gasteiger partial charge on any atom is -0.462 e. The molecule has 0 radical (unpaired) electrons. The number of rotatable bonds is 11. The average Bonchev–Trinajstić information content (AvgIpc) is 4.21. The van der Waals surface area contributed by atoms with E-state index in [0.29, 0.717) is 28.9 Å². The van der Waals surface area contributed by atoms with Crippen LogP contribution >= 0.6 is 23.2 Å². The van der Waals surface area contributed by atoms with Gasteiger partial charge >= 0.3 is 17.9 Å². The first-order valence-electron chi connectivity index (χ1n) is 31.5. The van der Waals surface area contributed by atoms with E-state index in [1.54, 1.807) is 13.8 Å². The summed E-state index contributed by atoms with van der Waals surface area (Å²) in [5, 5.41) is 29.8. The van der Waals surface area contributed by atoms with Gasteiger partial charge in [0.1, 0.15) is 17.8 Å². The first kappa shape index (κ1) is 66.5. The van der Waals surface area contributed by atoms with Crippen LogP contribution in [0.1, 0.15) is 266 Å². The highest BCUT2D eigenvalue weighted by molar-refractivity contribution is 6.67. The van der Waals surface area contributed by atoms with E-state index in [2.05, 4.69) is 33.9 Å². The minimum atomic E-state index is -0.463. The SMILES string of the molecule is C=C(C)C(=O)Cl.C=C(C)C(=O)OC1(C2CCC(OC(=O)C3CCC(C)CC3)CC2)CCCC1.CC1CCC(C(=O)Cl)CC1.CC1CCC(C(=O)OC2CCC(C3(O)CCCC3)CC2)CC1.OC1CCC(C2(O)CCCC2)CC1. The van der Waals surface area contributed by atoms with Gasteiger partial charge in [0, 0.05) is 17.1 Å². The molecule has 13 heteroatoms. The number of aliphatic hydroxyl groups excluding tert-OH is 1. The smallest absolute Gasteiger partial charge is 0.333 e. The number of hydrogen-bond donors (Lipinski definition) is 3. The zero-order valence-corrected chi connectivity index (χ0v) is 50.7. The molecule has 446 valence electrons. The third-order valence-corrected chi connectivity index (χ3v) is 20.9. The molecule has 78 heavy (non-hydrogen) atoms. The molecule has 0 bridgehead atoms. The highest BCUT2D eigenvalue weighted by Crippen LogP contribution is 2.48. The molecule has 0 aromatic rings. The van der Waals surface area contributed by atoms with E-state index in [-0.39, 0.29) is 70.4 Å². The molecular formula is C65H106Cl2O11. The van der Waals surface area contributed by atoms with Gasteiger partial charge in [-0.2, -0.15) is 0 Å². The van der Waals surface area contributed by atoms with Crippen LogP contribution in [-0.2, 0) is 38.2 Å². The zero-order valence-electron chi connectivity index (χ0n) is 49.2. The first-order valence-corrected chi connectivity index (χ1v) is 32.2. The van der Waals surface area contributed by atoms with E-state index in [1.165, 1.54) is 51.4 Å². The first-order chi connectivity index (χ1) is 37.0. The van der Waals surface area contributed by atoms with Gasteiger partial charge in [0.2, 0.25) is 10.5 Å². The molecule has 0 spiro atoms. The fourth-order valence-electron chi connectivity index (χ4n) is 14.7. The van der Waals surface area contributed by atoms with E-state index in [4.69, 9.17) is 37.4 Å². The molecule has 0 unspecified atom stereocenters. The van der Waals surface area contributed by atoms with Crippen molar-refractivity contribution in [3.05, 3.63) is 24.3 Å². The summed E-state index contributed by atoms with van der Waals surface area (Å²) in [6, 6.07) is 0. The van der Waals surface area contributed by atoms with Gasteiger partial charge < -0.3 is 29.5 Å². The zero-order chi connectivity index (χ0) is 57.0. The molecular weight excluding hydrogens is 1030 g/mol. The van der Waals surface area contributed by atoms with Crippen LogP contribution in [0.15, 0.2) is 24.3 Å². The second-order valence-corrected chi connectivity index (χ2v) is 27.3. The molecule has 0 aliphatic heterocycles. The van der Waals surface area contributed by atoms with Gasteiger partial charge in [-0.15, -0.1) is 0 Å². The van der Waals surface area contributed by atoms with Gasteiger partial charge in [-0.1, -0.05) is 59.6 Å². The van der Waals surface area contributed by atoms with Crippen molar-refractivity contribution < 1.29 is 53.5 Å². The van der Waals surface area contributed by atoms with Crippen molar-refractivity contribution in [2.24, 2.45) is 53.3 Å². The van der Waals surface area contributed by atoms with E-state index < -0.39 is 10.8 Å². The van der Waals surface area contributed by atoms with Crippen molar-refractivity contribution >= 4 is 51.6 Å². The van der Waals surface area contributed by atoms with Crippen LogP contribution in [0.5, 0.6) is 0 Å².